The van der Waals surface area contributed by atoms with Crippen molar-refractivity contribution in [3.8, 4) is 0 Å². The average Bonchev–Trinajstić information content (AvgIpc) is 2.33. The standard InChI is InChI=1S/C13H29N3O2/c14-10-6-3-4-8-12(15)16-11-7-2-1-5-9-13(17)18/h12,16H,1-11,14-15H2,(H,17,18). The topological polar surface area (TPSA) is 101 Å². The van der Waals surface area contributed by atoms with E-state index in [-0.39, 0.29) is 12.6 Å². The summed E-state index contributed by atoms with van der Waals surface area (Å²) in [5.41, 5.74) is 11.3. The van der Waals surface area contributed by atoms with Gasteiger partial charge in [-0.25, -0.2) is 0 Å². The number of nitrogens with two attached hydrogens (primary N) is 2. The van der Waals surface area contributed by atoms with Crippen LogP contribution in [0, 0.1) is 0 Å². The van der Waals surface area contributed by atoms with Crippen molar-refractivity contribution in [1.82, 2.24) is 5.32 Å². The van der Waals surface area contributed by atoms with E-state index in [4.69, 9.17) is 16.6 Å². The molecule has 0 aromatic carbocycles. The Hall–Kier alpha value is -0.650. The summed E-state index contributed by atoms with van der Waals surface area (Å²) in [7, 11) is 0. The Balaban J connectivity index is 3.15. The molecule has 0 aromatic rings. The number of aliphatic carboxylic acids is 1. The van der Waals surface area contributed by atoms with Gasteiger partial charge < -0.3 is 21.9 Å². The maximum absolute atomic E-state index is 10.3. The van der Waals surface area contributed by atoms with Crippen molar-refractivity contribution in [2.45, 2.75) is 64.0 Å². The van der Waals surface area contributed by atoms with Crippen molar-refractivity contribution >= 4 is 5.97 Å². The lowest BCUT2D eigenvalue weighted by molar-refractivity contribution is -0.137. The summed E-state index contributed by atoms with van der Waals surface area (Å²) in [6.07, 6.45) is 8.63. The zero-order valence-electron chi connectivity index (χ0n) is 11.4. The molecule has 0 spiro atoms. The highest BCUT2D eigenvalue weighted by Crippen LogP contribution is 2.03. The summed E-state index contributed by atoms with van der Waals surface area (Å²) < 4.78 is 0. The Morgan fingerprint density at radius 3 is 2.39 bits per heavy atom. The molecular formula is C13H29N3O2. The Morgan fingerprint density at radius 2 is 1.72 bits per heavy atom. The molecule has 18 heavy (non-hydrogen) atoms. The molecule has 0 aliphatic carbocycles. The van der Waals surface area contributed by atoms with Crippen molar-refractivity contribution in [2.24, 2.45) is 11.5 Å². The molecule has 0 aliphatic rings. The van der Waals surface area contributed by atoms with E-state index in [1.54, 1.807) is 0 Å². The van der Waals surface area contributed by atoms with Crippen LogP contribution in [0.25, 0.3) is 0 Å². The van der Waals surface area contributed by atoms with Crippen molar-refractivity contribution < 1.29 is 9.90 Å². The molecule has 1 atom stereocenters. The second-order valence-corrected chi connectivity index (χ2v) is 4.76. The Labute approximate surface area is 110 Å². The van der Waals surface area contributed by atoms with Crippen molar-refractivity contribution in [1.29, 1.82) is 0 Å². The van der Waals surface area contributed by atoms with E-state index in [0.717, 1.165) is 64.5 Å². The quantitative estimate of drug-likeness (QED) is 0.296. The van der Waals surface area contributed by atoms with Crippen LogP contribution in [0.3, 0.4) is 0 Å². The first-order valence-corrected chi connectivity index (χ1v) is 7.07. The minimum atomic E-state index is -0.701. The molecule has 0 saturated carbocycles. The lowest BCUT2D eigenvalue weighted by atomic mass is 10.1. The minimum absolute atomic E-state index is 0.0850. The van der Waals surface area contributed by atoms with E-state index in [2.05, 4.69) is 5.32 Å². The molecule has 6 N–H and O–H groups in total. The van der Waals surface area contributed by atoms with E-state index < -0.39 is 5.97 Å². The molecule has 0 saturated heterocycles. The first-order chi connectivity index (χ1) is 8.66. The number of unbranched alkanes of at least 4 members (excludes halogenated alkanes) is 5. The van der Waals surface area contributed by atoms with Gasteiger partial charge in [-0.2, -0.15) is 0 Å². The molecule has 0 heterocycles. The zero-order chi connectivity index (χ0) is 13.6. The number of carbonyl (C=O) groups is 1. The summed E-state index contributed by atoms with van der Waals surface area (Å²) in [5.74, 6) is -0.701. The highest BCUT2D eigenvalue weighted by atomic mass is 16.4. The smallest absolute Gasteiger partial charge is 0.303 e. The Morgan fingerprint density at radius 1 is 1.06 bits per heavy atom. The van der Waals surface area contributed by atoms with Crippen LogP contribution in [0.2, 0.25) is 0 Å². The van der Waals surface area contributed by atoms with Crippen LogP contribution >= 0.6 is 0 Å². The van der Waals surface area contributed by atoms with Gasteiger partial charge in [-0.15, -0.1) is 0 Å². The molecule has 0 fully saturated rings. The molecule has 108 valence electrons. The first kappa shape index (κ1) is 17.4. The van der Waals surface area contributed by atoms with E-state index >= 15 is 0 Å². The molecular weight excluding hydrogens is 230 g/mol. The van der Waals surface area contributed by atoms with Crippen LogP contribution in [-0.4, -0.2) is 30.3 Å². The second kappa shape index (κ2) is 12.8. The van der Waals surface area contributed by atoms with Gasteiger partial charge in [0.15, 0.2) is 0 Å². The van der Waals surface area contributed by atoms with Gasteiger partial charge >= 0.3 is 5.97 Å². The fourth-order valence-corrected chi connectivity index (χ4v) is 1.83. The molecule has 0 amide bonds. The van der Waals surface area contributed by atoms with Crippen molar-refractivity contribution in [3.05, 3.63) is 0 Å². The first-order valence-electron chi connectivity index (χ1n) is 7.07. The zero-order valence-corrected chi connectivity index (χ0v) is 11.4. The van der Waals surface area contributed by atoms with E-state index in [1.165, 1.54) is 0 Å². The maximum Gasteiger partial charge on any atom is 0.303 e. The van der Waals surface area contributed by atoms with Gasteiger partial charge in [-0.3, -0.25) is 4.79 Å². The lowest BCUT2D eigenvalue weighted by Gasteiger charge is -2.13. The predicted molar refractivity (Wildman–Crippen MR) is 74.2 cm³/mol. The van der Waals surface area contributed by atoms with Crippen LogP contribution in [-0.2, 0) is 4.79 Å². The molecule has 0 aromatic heterocycles. The fourth-order valence-electron chi connectivity index (χ4n) is 1.83. The Kier molecular flexibility index (Phi) is 12.3. The molecule has 0 bridgehead atoms. The number of rotatable bonds is 13. The lowest BCUT2D eigenvalue weighted by Crippen LogP contribution is -2.37. The number of hydrogen-bond acceptors (Lipinski definition) is 4. The van der Waals surface area contributed by atoms with Crippen LogP contribution in [0.5, 0.6) is 0 Å². The van der Waals surface area contributed by atoms with Gasteiger partial charge in [0.1, 0.15) is 0 Å². The van der Waals surface area contributed by atoms with Crippen molar-refractivity contribution in [3.63, 3.8) is 0 Å². The number of hydrogen-bond donors (Lipinski definition) is 4. The normalized spacial score (nSPS) is 12.6. The molecule has 0 radical (unpaired) electrons. The fraction of sp³-hybridized carbons (Fsp3) is 0.923. The van der Waals surface area contributed by atoms with Gasteiger partial charge in [0, 0.05) is 6.42 Å². The number of carboxylic acid groups (broad SMARTS) is 1. The Bertz CT molecular complexity index is 201. The van der Waals surface area contributed by atoms with E-state index in [0.29, 0.717) is 0 Å². The monoisotopic (exact) mass is 259 g/mol. The van der Waals surface area contributed by atoms with Gasteiger partial charge in [-0.1, -0.05) is 25.7 Å². The highest BCUT2D eigenvalue weighted by Gasteiger charge is 2.01. The van der Waals surface area contributed by atoms with Gasteiger partial charge in [-0.05, 0) is 38.8 Å². The molecule has 0 aliphatic heterocycles. The average molecular weight is 259 g/mol. The highest BCUT2D eigenvalue weighted by molar-refractivity contribution is 5.66. The summed E-state index contributed by atoms with van der Waals surface area (Å²) in [6.45, 7) is 1.68. The molecule has 1 unspecified atom stereocenters. The summed E-state index contributed by atoms with van der Waals surface area (Å²) in [5, 5.41) is 11.8. The molecule has 5 heteroatoms. The SMILES string of the molecule is NCCCCCC(N)NCCCCCCC(=O)O. The third-order valence-corrected chi connectivity index (χ3v) is 2.94. The van der Waals surface area contributed by atoms with Crippen LogP contribution in [0.4, 0.5) is 0 Å². The number of carboxylic acids is 1. The number of nitrogens with one attached hydrogen (secondary N) is 1. The van der Waals surface area contributed by atoms with Gasteiger partial charge in [0.05, 0.1) is 6.17 Å². The minimum Gasteiger partial charge on any atom is -0.481 e. The third kappa shape index (κ3) is 13.4. The van der Waals surface area contributed by atoms with E-state index in [9.17, 15) is 4.79 Å². The molecule has 5 nitrogen and oxygen atoms in total. The van der Waals surface area contributed by atoms with Gasteiger partial charge in [0.25, 0.3) is 0 Å². The summed E-state index contributed by atoms with van der Waals surface area (Å²) in [4.78, 5) is 10.3. The van der Waals surface area contributed by atoms with E-state index in [1.807, 2.05) is 0 Å². The largest absolute Gasteiger partial charge is 0.481 e. The maximum atomic E-state index is 10.3. The van der Waals surface area contributed by atoms with Crippen LogP contribution < -0.4 is 16.8 Å². The van der Waals surface area contributed by atoms with Crippen LogP contribution in [0.15, 0.2) is 0 Å². The predicted octanol–water partition coefficient (Wildman–Crippen LogP) is 1.41. The second-order valence-electron chi connectivity index (χ2n) is 4.76. The van der Waals surface area contributed by atoms with Crippen molar-refractivity contribution in [2.75, 3.05) is 13.1 Å². The van der Waals surface area contributed by atoms with Gasteiger partial charge in [0.2, 0.25) is 0 Å². The summed E-state index contributed by atoms with van der Waals surface area (Å²) >= 11 is 0. The molecule has 0 rings (SSSR count). The van der Waals surface area contributed by atoms with Crippen LogP contribution in [0.1, 0.15) is 57.8 Å². The summed E-state index contributed by atoms with van der Waals surface area (Å²) in [6, 6.07) is 0. The third-order valence-electron chi connectivity index (χ3n) is 2.94.